The molecule has 1 atom stereocenters. The molecule has 1 heterocycles. The van der Waals surface area contributed by atoms with Gasteiger partial charge >= 0.3 is 0 Å². The number of aliphatic hydroxyl groups excluding tert-OH is 1. The SMILES string of the molecule is CCCC(=O)c1cnc2c(C(O)CC)cccc2c1Nc1ccccc1C. The lowest BCUT2D eigenvalue weighted by molar-refractivity contribution is 0.0982. The van der Waals surface area contributed by atoms with Gasteiger partial charge in [-0.1, -0.05) is 50.2 Å². The molecular weight excluding hydrogens is 336 g/mol. The molecule has 2 N–H and O–H groups in total. The average molecular weight is 362 g/mol. The van der Waals surface area contributed by atoms with Crippen LogP contribution in [0, 0.1) is 6.92 Å². The molecule has 0 amide bonds. The number of fused-ring (bicyclic) bond motifs is 1. The number of aliphatic hydroxyl groups is 1. The van der Waals surface area contributed by atoms with Gasteiger partial charge in [0.1, 0.15) is 0 Å². The summed E-state index contributed by atoms with van der Waals surface area (Å²) in [5, 5.41) is 14.7. The topological polar surface area (TPSA) is 62.2 Å². The smallest absolute Gasteiger partial charge is 0.166 e. The number of aromatic nitrogens is 1. The van der Waals surface area contributed by atoms with Crippen molar-refractivity contribution in [3.8, 4) is 0 Å². The van der Waals surface area contributed by atoms with Gasteiger partial charge in [0.05, 0.1) is 22.9 Å². The second-order valence-corrected chi connectivity index (χ2v) is 6.83. The Balaban J connectivity index is 2.23. The summed E-state index contributed by atoms with van der Waals surface area (Å²) in [6.07, 6.45) is 2.94. The van der Waals surface area contributed by atoms with Gasteiger partial charge in [0.15, 0.2) is 5.78 Å². The molecule has 0 saturated heterocycles. The van der Waals surface area contributed by atoms with Crippen molar-refractivity contribution in [3.63, 3.8) is 0 Å². The zero-order chi connectivity index (χ0) is 19.4. The quantitative estimate of drug-likeness (QED) is 0.528. The van der Waals surface area contributed by atoms with Gasteiger partial charge in [-0.3, -0.25) is 9.78 Å². The van der Waals surface area contributed by atoms with Crippen LogP contribution in [0.15, 0.2) is 48.7 Å². The lowest BCUT2D eigenvalue weighted by Gasteiger charge is -2.18. The van der Waals surface area contributed by atoms with Crippen molar-refractivity contribution in [1.82, 2.24) is 4.98 Å². The van der Waals surface area contributed by atoms with Gasteiger partial charge in [-0.05, 0) is 31.4 Å². The van der Waals surface area contributed by atoms with E-state index in [1.165, 1.54) is 0 Å². The zero-order valence-corrected chi connectivity index (χ0v) is 16.1. The average Bonchev–Trinajstić information content (AvgIpc) is 2.69. The fraction of sp³-hybridized carbons (Fsp3) is 0.304. The number of aryl methyl sites for hydroxylation is 1. The third kappa shape index (κ3) is 3.86. The molecule has 4 heteroatoms. The molecule has 0 spiro atoms. The van der Waals surface area contributed by atoms with Gasteiger partial charge in [-0.25, -0.2) is 0 Å². The third-order valence-corrected chi connectivity index (χ3v) is 4.86. The van der Waals surface area contributed by atoms with Crippen LogP contribution in [0.3, 0.4) is 0 Å². The minimum atomic E-state index is -0.579. The van der Waals surface area contributed by atoms with Gasteiger partial charge in [0.25, 0.3) is 0 Å². The van der Waals surface area contributed by atoms with Crippen LogP contribution in [0.2, 0.25) is 0 Å². The van der Waals surface area contributed by atoms with E-state index in [1.54, 1.807) is 6.20 Å². The van der Waals surface area contributed by atoms with Gasteiger partial charge < -0.3 is 10.4 Å². The second-order valence-electron chi connectivity index (χ2n) is 6.83. The Bertz CT molecular complexity index is 966. The first-order valence-corrected chi connectivity index (χ1v) is 9.52. The molecule has 140 valence electrons. The van der Waals surface area contributed by atoms with E-state index in [0.29, 0.717) is 18.4 Å². The lowest BCUT2D eigenvalue weighted by Crippen LogP contribution is -2.07. The Morgan fingerprint density at radius 1 is 1.15 bits per heavy atom. The van der Waals surface area contributed by atoms with Crippen molar-refractivity contribution < 1.29 is 9.90 Å². The highest BCUT2D eigenvalue weighted by molar-refractivity contribution is 6.09. The van der Waals surface area contributed by atoms with E-state index < -0.39 is 6.10 Å². The number of nitrogens with zero attached hydrogens (tertiary/aromatic N) is 1. The molecule has 1 unspecified atom stereocenters. The van der Waals surface area contributed by atoms with E-state index in [0.717, 1.165) is 39.8 Å². The Hall–Kier alpha value is -2.72. The molecular formula is C23H26N2O2. The predicted molar refractivity (Wildman–Crippen MR) is 111 cm³/mol. The van der Waals surface area contributed by atoms with Crippen molar-refractivity contribution in [1.29, 1.82) is 0 Å². The minimum absolute atomic E-state index is 0.0735. The Labute approximate surface area is 160 Å². The maximum atomic E-state index is 12.7. The van der Waals surface area contributed by atoms with Crippen LogP contribution in [-0.2, 0) is 0 Å². The summed E-state index contributed by atoms with van der Waals surface area (Å²) < 4.78 is 0. The monoisotopic (exact) mass is 362 g/mol. The highest BCUT2D eigenvalue weighted by Crippen LogP contribution is 2.34. The Kier molecular flexibility index (Phi) is 5.87. The number of hydrogen-bond donors (Lipinski definition) is 2. The number of ketones is 1. The molecule has 3 aromatic rings. The van der Waals surface area contributed by atoms with Gasteiger partial charge in [0.2, 0.25) is 0 Å². The first-order chi connectivity index (χ1) is 13.1. The maximum Gasteiger partial charge on any atom is 0.166 e. The fourth-order valence-electron chi connectivity index (χ4n) is 3.29. The predicted octanol–water partition coefficient (Wildman–Crippen LogP) is 5.71. The highest BCUT2D eigenvalue weighted by atomic mass is 16.3. The van der Waals surface area contributed by atoms with Crippen LogP contribution in [0.4, 0.5) is 11.4 Å². The fourth-order valence-corrected chi connectivity index (χ4v) is 3.29. The van der Waals surface area contributed by atoms with Crippen LogP contribution in [0.1, 0.15) is 60.7 Å². The van der Waals surface area contributed by atoms with Crippen molar-refractivity contribution in [3.05, 3.63) is 65.4 Å². The highest BCUT2D eigenvalue weighted by Gasteiger charge is 2.19. The summed E-state index contributed by atoms with van der Waals surface area (Å²) in [7, 11) is 0. The minimum Gasteiger partial charge on any atom is -0.388 e. The van der Waals surface area contributed by atoms with Crippen molar-refractivity contribution in [2.24, 2.45) is 0 Å². The van der Waals surface area contributed by atoms with Crippen LogP contribution < -0.4 is 5.32 Å². The van der Waals surface area contributed by atoms with Crippen LogP contribution in [-0.4, -0.2) is 15.9 Å². The van der Waals surface area contributed by atoms with Crippen LogP contribution in [0.25, 0.3) is 10.9 Å². The molecule has 0 aliphatic carbocycles. The molecule has 0 radical (unpaired) electrons. The van der Waals surface area contributed by atoms with E-state index in [-0.39, 0.29) is 5.78 Å². The molecule has 0 bridgehead atoms. The molecule has 0 aliphatic heterocycles. The van der Waals surface area contributed by atoms with Gasteiger partial charge in [0, 0.05) is 29.3 Å². The van der Waals surface area contributed by atoms with E-state index in [4.69, 9.17) is 0 Å². The number of nitrogens with one attached hydrogen (secondary N) is 1. The molecule has 3 rings (SSSR count). The molecule has 0 fully saturated rings. The summed E-state index contributed by atoms with van der Waals surface area (Å²) in [5.74, 6) is 0.0735. The van der Waals surface area contributed by atoms with E-state index in [2.05, 4.69) is 10.3 Å². The first-order valence-electron chi connectivity index (χ1n) is 9.52. The standard InChI is InChI=1S/C23H26N2O2/c1-4-9-21(27)18-14-24-22-16(20(26)5-2)11-8-12-17(22)23(18)25-19-13-7-6-10-15(19)3/h6-8,10-14,20,26H,4-5,9H2,1-3H3,(H,24,25). The van der Waals surface area contributed by atoms with Crippen LogP contribution in [0.5, 0.6) is 0 Å². The number of Topliss-reactive ketones (excluding diaryl/α,β-unsaturated/α-hetero) is 1. The molecule has 0 saturated carbocycles. The Morgan fingerprint density at radius 2 is 1.93 bits per heavy atom. The number of anilines is 2. The first kappa shape index (κ1) is 19.1. The number of para-hydroxylation sites is 2. The summed E-state index contributed by atoms with van der Waals surface area (Å²) in [4.78, 5) is 17.3. The number of pyridine rings is 1. The molecule has 1 aromatic heterocycles. The molecule has 2 aromatic carbocycles. The van der Waals surface area contributed by atoms with E-state index in [9.17, 15) is 9.90 Å². The Morgan fingerprint density at radius 3 is 2.63 bits per heavy atom. The number of rotatable bonds is 7. The van der Waals surface area contributed by atoms with Gasteiger partial charge in [-0.15, -0.1) is 0 Å². The van der Waals surface area contributed by atoms with E-state index >= 15 is 0 Å². The summed E-state index contributed by atoms with van der Waals surface area (Å²) >= 11 is 0. The van der Waals surface area contributed by atoms with Crippen LogP contribution >= 0.6 is 0 Å². The number of carbonyl (C=O) groups is 1. The van der Waals surface area contributed by atoms with Crippen molar-refractivity contribution in [2.75, 3.05) is 5.32 Å². The largest absolute Gasteiger partial charge is 0.388 e. The zero-order valence-electron chi connectivity index (χ0n) is 16.1. The third-order valence-electron chi connectivity index (χ3n) is 4.86. The van der Waals surface area contributed by atoms with Crippen molar-refractivity contribution >= 4 is 28.1 Å². The molecule has 4 nitrogen and oxygen atoms in total. The number of benzene rings is 2. The molecule has 0 aliphatic rings. The molecule has 27 heavy (non-hydrogen) atoms. The number of carbonyl (C=O) groups excluding carboxylic acids is 1. The summed E-state index contributed by atoms with van der Waals surface area (Å²) in [5.41, 5.74) is 4.93. The van der Waals surface area contributed by atoms with Gasteiger partial charge in [-0.2, -0.15) is 0 Å². The number of hydrogen-bond acceptors (Lipinski definition) is 4. The summed E-state index contributed by atoms with van der Waals surface area (Å²) in [6.45, 7) is 5.97. The maximum absolute atomic E-state index is 12.7. The normalized spacial score (nSPS) is 12.1. The lowest BCUT2D eigenvalue weighted by atomic mass is 9.98. The second kappa shape index (κ2) is 8.31. The van der Waals surface area contributed by atoms with E-state index in [1.807, 2.05) is 63.2 Å². The summed E-state index contributed by atoms with van der Waals surface area (Å²) in [6, 6.07) is 13.8. The van der Waals surface area contributed by atoms with Crippen molar-refractivity contribution in [2.45, 2.75) is 46.1 Å².